The maximum Gasteiger partial charge on any atom is 0.317 e. The predicted octanol–water partition coefficient (Wildman–Crippen LogP) is 3.19. The van der Waals surface area contributed by atoms with Crippen LogP contribution < -0.4 is 10.2 Å². The molecular weight excluding hydrogens is 362 g/mol. The highest BCUT2D eigenvalue weighted by atomic mass is 35.5. The zero-order valence-corrected chi connectivity index (χ0v) is 16.9. The van der Waals surface area contributed by atoms with Gasteiger partial charge in [0, 0.05) is 55.4 Å². The standard InChI is InChI=1S/C20H26ClN5O/c1-4-22-20(27)26-11-9-25(10-12-26)19-18(14(2)23-15(3)24-19)13-16-5-7-17(21)8-6-16/h5-8H,4,9-13H2,1-3H3,(H,22,27). The van der Waals surface area contributed by atoms with Crippen LogP contribution in [-0.4, -0.2) is 53.6 Å². The summed E-state index contributed by atoms with van der Waals surface area (Å²) in [7, 11) is 0. The van der Waals surface area contributed by atoms with Crippen LogP contribution in [0, 0.1) is 13.8 Å². The number of benzene rings is 1. The Hall–Kier alpha value is -2.34. The average Bonchev–Trinajstić information content (AvgIpc) is 2.65. The number of nitrogens with one attached hydrogen (secondary N) is 1. The highest BCUT2D eigenvalue weighted by molar-refractivity contribution is 6.30. The van der Waals surface area contributed by atoms with Gasteiger partial charge in [-0.1, -0.05) is 23.7 Å². The van der Waals surface area contributed by atoms with Gasteiger partial charge >= 0.3 is 6.03 Å². The zero-order valence-electron chi connectivity index (χ0n) is 16.1. The molecule has 3 rings (SSSR count). The van der Waals surface area contributed by atoms with E-state index >= 15 is 0 Å². The summed E-state index contributed by atoms with van der Waals surface area (Å²) in [4.78, 5) is 25.5. The molecule has 2 heterocycles. The Bertz CT molecular complexity index is 801. The number of rotatable bonds is 4. The molecule has 0 spiro atoms. The van der Waals surface area contributed by atoms with Gasteiger partial charge in [0.15, 0.2) is 0 Å². The molecule has 1 aromatic carbocycles. The van der Waals surface area contributed by atoms with Crippen LogP contribution in [-0.2, 0) is 6.42 Å². The molecule has 1 aromatic heterocycles. The minimum Gasteiger partial charge on any atom is -0.353 e. The number of anilines is 1. The van der Waals surface area contributed by atoms with Crippen molar-refractivity contribution in [2.45, 2.75) is 27.2 Å². The largest absolute Gasteiger partial charge is 0.353 e. The fourth-order valence-corrected chi connectivity index (χ4v) is 3.50. The summed E-state index contributed by atoms with van der Waals surface area (Å²) in [6.07, 6.45) is 0.759. The van der Waals surface area contributed by atoms with Gasteiger partial charge in [-0.05, 0) is 38.5 Å². The van der Waals surface area contributed by atoms with Crippen molar-refractivity contribution >= 4 is 23.4 Å². The molecule has 6 nitrogen and oxygen atoms in total. The van der Waals surface area contributed by atoms with Gasteiger partial charge < -0.3 is 15.1 Å². The van der Waals surface area contributed by atoms with E-state index in [9.17, 15) is 4.79 Å². The summed E-state index contributed by atoms with van der Waals surface area (Å²) in [6, 6.07) is 7.91. The van der Waals surface area contributed by atoms with Crippen LogP contribution in [0.3, 0.4) is 0 Å². The Labute approximate surface area is 165 Å². The van der Waals surface area contributed by atoms with Gasteiger partial charge in [-0.3, -0.25) is 0 Å². The summed E-state index contributed by atoms with van der Waals surface area (Å²) >= 11 is 6.01. The minimum absolute atomic E-state index is 0.00795. The van der Waals surface area contributed by atoms with E-state index in [1.807, 2.05) is 49.9 Å². The Morgan fingerprint density at radius 1 is 1.11 bits per heavy atom. The summed E-state index contributed by atoms with van der Waals surface area (Å²) < 4.78 is 0. The second-order valence-electron chi connectivity index (χ2n) is 6.77. The van der Waals surface area contributed by atoms with Gasteiger partial charge in [-0.25, -0.2) is 14.8 Å². The molecule has 0 atom stereocenters. The number of halogens is 1. The second-order valence-corrected chi connectivity index (χ2v) is 7.21. The third-order valence-electron chi connectivity index (χ3n) is 4.79. The molecule has 2 aromatic rings. The van der Waals surface area contributed by atoms with Crippen molar-refractivity contribution in [3.8, 4) is 0 Å². The molecule has 0 saturated carbocycles. The van der Waals surface area contributed by atoms with E-state index in [1.54, 1.807) is 0 Å². The molecule has 0 radical (unpaired) electrons. The van der Waals surface area contributed by atoms with Crippen LogP contribution in [0.1, 0.15) is 29.6 Å². The van der Waals surface area contributed by atoms with Crippen molar-refractivity contribution in [1.82, 2.24) is 20.2 Å². The molecule has 144 valence electrons. The van der Waals surface area contributed by atoms with Gasteiger partial charge in [0.1, 0.15) is 11.6 Å². The minimum atomic E-state index is 0.00795. The third-order valence-corrected chi connectivity index (χ3v) is 5.04. The maximum absolute atomic E-state index is 12.0. The summed E-state index contributed by atoms with van der Waals surface area (Å²) in [5.74, 6) is 1.75. The van der Waals surface area contributed by atoms with Crippen molar-refractivity contribution in [3.63, 3.8) is 0 Å². The van der Waals surface area contributed by atoms with E-state index in [2.05, 4.69) is 15.2 Å². The van der Waals surface area contributed by atoms with Crippen LogP contribution in [0.4, 0.5) is 10.6 Å². The first-order valence-electron chi connectivity index (χ1n) is 9.34. The van der Waals surface area contributed by atoms with E-state index in [0.717, 1.165) is 47.4 Å². The van der Waals surface area contributed by atoms with E-state index in [0.29, 0.717) is 19.6 Å². The number of nitrogens with zero attached hydrogens (tertiary/aromatic N) is 4. The summed E-state index contributed by atoms with van der Waals surface area (Å²) in [5.41, 5.74) is 3.31. The van der Waals surface area contributed by atoms with Crippen molar-refractivity contribution in [3.05, 3.63) is 51.9 Å². The molecule has 1 aliphatic rings. The van der Waals surface area contributed by atoms with Gasteiger partial charge in [-0.15, -0.1) is 0 Å². The van der Waals surface area contributed by atoms with Gasteiger partial charge in [-0.2, -0.15) is 0 Å². The fourth-order valence-electron chi connectivity index (χ4n) is 3.38. The SMILES string of the molecule is CCNC(=O)N1CCN(c2nc(C)nc(C)c2Cc2ccc(Cl)cc2)CC1. The van der Waals surface area contributed by atoms with Crippen LogP contribution in [0.5, 0.6) is 0 Å². The van der Waals surface area contributed by atoms with Crippen LogP contribution in [0.25, 0.3) is 0 Å². The normalized spacial score (nSPS) is 14.4. The lowest BCUT2D eigenvalue weighted by molar-refractivity contribution is 0.195. The molecular formula is C20H26ClN5O. The smallest absolute Gasteiger partial charge is 0.317 e. The molecule has 2 amide bonds. The Morgan fingerprint density at radius 3 is 2.41 bits per heavy atom. The van der Waals surface area contributed by atoms with Gasteiger partial charge in [0.05, 0.1) is 0 Å². The number of urea groups is 1. The highest BCUT2D eigenvalue weighted by Crippen LogP contribution is 2.25. The van der Waals surface area contributed by atoms with Crippen molar-refractivity contribution < 1.29 is 4.79 Å². The number of aryl methyl sites for hydroxylation is 2. The maximum atomic E-state index is 12.0. The number of piperazine rings is 1. The topological polar surface area (TPSA) is 61.4 Å². The van der Waals surface area contributed by atoms with Gasteiger partial charge in [0.25, 0.3) is 0 Å². The molecule has 0 aliphatic carbocycles. The van der Waals surface area contributed by atoms with E-state index < -0.39 is 0 Å². The van der Waals surface area contributed by atoms with Crippen molar-refractivity contribution in [1.29, 1.82) is 0 Å². The van der Waals surface area contributed by atoms with Crippen LogP contribution in [0.15, 0.2) is 24.3 Å². The predicted molar refractivity (Wildman–Crippen MR) is 109 cm³/mol. The highest BCUT2D eigenvalue weighted by Gasteiger charge is 2.24. The fraction of sp³-hybridized carbons (Fsp3) is 0.450. The lowest BCUT2D eigenvalue weighted by Crippen LogP contribution is -2.52. The molecule has 0 bridgehead atoms. The molecule has 1 aliphatic heterocycles. The molecule has 1 N–H and O–H groups in total. The monoisotopic (exact) mass is 387 g/mol. The lowest BCUT2D eigenvalue weighted by Gasteiger charge is -2.36. The first-order valence-corrected chi connectivity index (χ1v) is 9.72. The number of aromatic nitrogens is 2. The van der Waals surface area contributed by atoms with E-state index in [-0.39, 0.29) is 6.03 Å². The average molecular weight is 388 g/mol. The molecule has 27 heavy (non-hydrogen) atoms. The molecule has 7 heteroatoms. The number of hydrogen-bond acceptors (Lipinski definition) is 4. The molecule has 1 saturated heterocycles. The van der Waals surface area contributed by atoms with E-state index in [4.69, 9.17) is 16.6 Å². The Morgan fingerprint density at radius 2 is 1.78 bits per heavy atom. The van der Waals surface area contributed by atoms with Crippen LogP contribution in [0.2, 0.25) is 5.02 Å². The molecule has 1 fully saturated rings. The lowest BCUT2D eigenvalue weighted by atomic mass is 10.0. The quantitative estimate of drug-likeness (QED) is 0.875. The first kappa shape index (κ1) is 19.4. The summed E-state index contributed by atoms with van der Waals surface area (Å²) in [6.45, 7) is 9.45. The van der Waals surface area contributed by atoms with Crippen LogP contribution >= 0.6 is 11.6 Å². The zero-order chi connectivity index (χ0) is 19.4. The third kappa shape index (κ3) is 4.69. The van der Waals surface area contributed by atoms with Crippen molar-refractivity contribution in [2.24, 2.45) is 0 Å². The number of hydrogen-bond donors (Lipinski definition) is 1. The summed E-state index contributed by atoms with van der Waals surface area (Å²) in [5, 5.41) is 3.60. The van der Waals surface area contributed by atoms with E-state index in [1.165, 1.54) is 5.56 Å². The van der Waals surface area contributed by atoms with Gasteiger partial charge in [0.2, 0.25) is 0 Å². The number of carbonyl (C=O) groups excluding carboxylic acids is 1. The van der Waals surface area contributed by atoms with Crippen molar-refractivity contribution in [2.75, 3.05) is 37.6 Å². The second kappa shape index (κ2) is 8.57. The molecule has 0 unspecified atom stereocenters. The Balaban J connectivity index is 1.81. The first-order chi connectivity index (χ1) is 13.0. The number of carbonyl (C=O) groups is 1. The Kier molecular flexibility index (Phi) is 6.16. The number of amides is 2.